The molecule has 1 heterocycles. The molecule has 1 fully saturated rings. The molecule has 4 nitrogen and oxygen atoms in total. The first-order valence-corrected chi connectivity index (χ1v) is 10.5. The van der Waals surface area contributed by atoms with Crippen LogP contribution in [0.2, 0.25) is 0 Å². The van der Waals surface area contributed by atoms with Gasteiger partial charge in [0.05, 0.1) is 11.6 Å². The quantitative estimate of drug-likeness (QED) is 0.583. The van der Waals surface area contributed by atoms with E-state index in [1.54, 1.807) is 0 Å². The van der Waals surface area contributed by atoms with Gasteiger partial charge in [0.1, 0.15) is 11.5 Å². The van der Waals surface area contributed by atoms with Crippen LogP contribution in [-0.4, -0.2) is 36.0 Å². The lowest BCUT2D eigenvalue weighted by molar-refractivity contribution is 0.247. The predicted molar refractivity (Wildman–Crippen MR) is 119 cm³/mol. The summed E-state index contributed by atoms with van der Waals surface area (Å²) < 4.78 is 5.89. The van der Waals surface area contributed by atoms with Crippen LogP contribution in [0.4, 0.5) is 0 Å². The fourth-order valence-corrected chi connectivity index (χ4v) is 3.83. The van der Waals surface area contributed by atoms with Crippen LogP contribution in [0.25, 0.3) is 0 Å². The van der Waals surface area contributed by atoms with Crippen LogP contribution < -0.4 is 4.74 Å². The van der Waals surface area contributed by atoms with Crippen LogP contribution in [0.5, 0.6) is 11.5 Å². The summed E-state index contributed by atoms with van der Waals surface area (Å²) in [6, 6.07) is 28.5. The molecule has 4 rings (SSSR count). The minimum atomic E-state index is 0.723. The first kappa shape index (κ1) is 20.2. The van der Waals surface area contributed by atoms with E-state index in [1.165, 1.54) is 17.5 Å². The molecule has 152 valence electrons. The molecule has 0 bridgehead atoms. The number of para-hydroxylation sites is 1. The van der Waals surface area contributed by atoms with Crippen molar-refractivity contribution in [2.45, 2.75) is 19.5 Å². The highest BCUT2D eigenvalue weighted by atomic mass is 16.5. The molecular weight excluding hydrogens is 370 g/mol. The molecule has 0 saturated carbocycles. The normalized spacial score (nSPS) is 15.3. The zero-order valence-electron chi connectivity index (χ0n) is 17.2. The summed E-state index contributed by atoms with van der Waals surface area (Å²) in [5.41, 5.74) is 3.31. The summed E-state index contributed by atoms with van der Waals surface area (Å²) in [7, 11) is 0. The minimum absolute atomic E-state index is 0.723. The van der Waals surface area contributed by atoms with Gasteiger partial charge < -0.3 is 4.74 Å². The summed E-state index contributed by atoms with van der Waals surface area (Å²) in [4.78, 5) is 5.05. The fourth-order valence-electron chi connectivity index (χ4n) is 3.83. The van der Waals surface area contributed by atoms with Gasteiger partial charge in [0.25, 0.3) is 0 Å². The Morgan fingerprint density at radius 1 is 0.667 bits per heavy atom. The van der Waals surface area contributed by atoms with Gasteiger partial charge >= 0.3 is 0 Å². The Morgan fingerprint density at radius 3 is 1.77 bits per heavy atom. The molecule has 0 amide bonds. The van der Waals surface area contributed by atoms with Gasteiger partial charge in [0.15, 0.2) is 0 Å². The smallest absolute Gasteiger partial charge is 0.127 e. The van der Waals surface area contributed by atoms with Gasteiger partial charge in [-0.25, -0.2) is 0 Å². The zero-order valence-corrected chi connectivity index (χ0v) is 17.2. The van der Waals surface area contributed by atoms with E-state index < -0.39 is 0 Å². The Bertz CT molecular complexity index is 962. The number of nitriles is 1. The van der Waals surface area contributed by atoms with Crippen molar-refractivity contribution in [3.8, 4) is 17.6 Å². The maximum atomic E-state index is 8.95. The van der Waals surface area contributed by atoms with Crippen LogP contribution in [0.15, 0.2) is 78.9 Å². The predicted octanol–water partition coefficient (Wildman–Crippen LogP) is 5.06. The van der Waals surface area contributed by atoms with Crippen molar-refractivity contribution in [2.75, 3.05) is 26.2 Å². The third kappa shape index (κ3) is 5.70. The second-order valence-corrected chi connectivity index (χ2v) is 7.77. The summed E-state index contributed by atoms with van der Waals surface area (Å²) in [5.74, 6) is 1.73. The van der Waals surface area contributed by atoms with E-state index in [1.807, 2.05) is 42.5 Å². The van der Waals surface area contributed by atoms with Crippen LogP contribution in [0.1, 0.15) is 23.1 Å². The molecule has 0 aliphatic carbocycles. The summed E-state index contributed by atoms with van der Waals surface area (Å²) in [5, 5.41) is 8.95. The maximum Gasteiger partial charge on any atom is 0.127 e. The monoisotopic (exact) mass is 397 g/mol. The van der Waals surface area contributed by atoms with Gasteiger partial charge in [-0.15, -0.1) is 0 Å². The molecule has 0 spiro atoms. The van der Waals surface area contributed by atoms with Crippen LogP contribution in [-0.2, 0) is 13.1 Å². The first-order chi connectivity index (χ1) is 14.8. The first-order valence-electron chi connectivity index (χ1n) is 10.5. The molecule has 1 aliphatic rings. The number of hydrogen-bond donors (Lipinski definition) is 0. The Morgan fingerprint density at radius 2 is 1.20 bits per heavy atom. The molecule has 0 unspecified atom stereocenters. The highest BCUT2D eigenvalue weighted by Gasteiger charge is 2.15. The molecule has 4 heteroatoms. The van der Waals surface area contributed by atoms with Crippen molar-refractivity contribution in [1.29, 1.82) is 5.26 Å². The number of benzene rings is 3. The number of nitrogens with zero attached hydrogens (tertiary/aromatic N) is 3. The third-order valence-corrected chi connectivity index (χ3v) is 5.48. The summed E-state index contributed by atoms with van der Waals surface area (Å²) >= 11 is 0. The summed E-state index contributed by atoms with van der Waals surface area (Å²) in [6.45, 7) is 6.28. The lowest BCUT2D eigenvalue weighted by atomic mass is 10.1. The van der Waals surface area contributed by atoms with Crippen molar-refractivity contribution in [3.63, 3.8) is 0 Å². The molecule has 0 atom stereocenters. The lowest BCUT2D eigenvalue weighted by Gasteiger charge is -2.22. The van der Waals surface area contributed by atoms with Crippen LogP contribution in [0.3, 0.4) is 0 Å². The average Bonchev–Trinajstić information content (AvgIpc) is 3.01. The molecule has 3 aromatic rings. The van der Waals surface area contributed by atoms with E-state index in [9.17, 15) is 0 Å². The van der Waals surface area contributed by atoms with E-state index in [0.29, 0.717) is 0 Å². The largest absolute Gasteiger partial charge is 0.457 e. The second-order valence-electron chi connectivity index (χ2n) is 7.77. The van der Waals surface area contributed by atoms with Gasteiger partial charge in [-0.05, 0) is 67.0 Å². The third-order valence-electron chi connectivity index (χ3n) is 5.48. The fraction of sp³-hybridized carbons (Fsp3) is 0.269. The van der Waals surface area contributed by atoms with Crippen LogP contribution in [0, 0.1) is 11.3 Å². The van der Waals surface area contributed by atoms with E-state index >= 15 is 0 Å². The van der Waals surface area contributed by atoms with Gasteiger partial charge in [-0.3, -0.25) is 9.80 Å². The molecule has 0 aromatic heterocycles. The Balaban J connectivity index is 1.27. The highest BCUT2D eigenvalue weighted by molar-refractivity contribution is 5.33. The number of ether oxygens (including phenoxy) is 1. The van der Waals surface area contributed by atoms with Gasteiger partial charge in [-0.2, -0.15) is 5.26 Å². The van der Waals surface area contributed by atoms with Crippen molar-refractivity contribution in [2.24, 2.45) is 0 Å². The lowest BCUT2D eigenvalue weighted by Crippen LogP contribution is -2.30. The van der Waals surface area contributed by atoms with Crippen molar-refractivity contribution in [1.82, 2.24) is 9.80 Å². The molecule has 1 aliphatic heterocycles. The van der Waals surface area contributed by atoms with Gasteiger partial charge in [0.2, 0.25) is 0 Å². The molecule has 1 saturated heterocycles. The van der Waals surface area contributed by atoms with Crippen LogP contribution >= 0.6 is 0 Å². The molecule has 0 N–H and O–H groups in total. The molecule has 30 heavy (non-hydrogen) atoms. The van der Waals surface area contributed by atoms with E-state index in [4.69, 9.17) is 10.00 Å². The zero-order chi connectivity index (χ0) is 20.6. The summed E-state index contributed by atoms with van der Waals surface area (Å²) in [6.07, 6.45) is 1.17. The highest BCUT2D eigenvalue weighted by Crippen LogP contribution is 2.22. The Labute approximate surface area is 178 Å². The van der Waals surface area contributed by atoms with E-state index in [-0.39, 0.29) is 0 Å². The molecule has 3 aromatic carbocycles. The topological polar surface area (TPSA) is 39.5 Å². The van der Waals surface area contributed by atoms with E-state index in [2.05, 4.69) is 52.3 Å². The average molecular weight is 398 g/mol. The van der Waals surface area contributed by atoms with E-state index in [0.717, 1.165) is 56.3 Å². The second kappa shape index (κ2) is 10.1. The SMILES string of the molecule is N#Cc1ccc(CN2CCCN(Cc3ccc(Oc4ccccc4)cc3)CC2)cc1. The number of hydrogen-bond acceptors (Lipinski definition) is 4. The van der Waals surface area contributed by atoms with Gasteiger partial charge in [0, 0.05) is 26.2 Å². The molecule has 0 radical (unpaired) electrons. The van der Waals surface area contributed by atoms with Crippen molar-refractivity contribution < 1.29 is 4.74 Å². The standard InChI is InChI=1S/C26H27N3O/c27-19-22-7-9-23(10-8-22)20-28-15-4-16-29(18-17-28)21-24-11-13-26(14-12-24)30-25-5-2-1-3-6-25/h1-3,5-14H,4,15-18,20-21H2. The minimum Gasteiger partial charge on any atom is -0.457 e. The van der Waals surface area contributed by atoms with Crippen molar-refractivity contribution >= 4 is 0 Å². The number of rotatable bonds is 6. The Hall–Kier alpha value is -3.13. The van der Waals surface area contributed by atoms with Crippen molar-refractivity contribution in [3.05, 3.63) is 95.6 Å². The van der Waals surface area contributed by atoms with Gasteiger partial charge in [-0.1, -0.05) is 42.5 Å². The molecular formula is C26H27N3O. The maximum absolute atomic E-state index is 8.95. The Kier molecular flexibility index (Phi) is 6.76.